The van der Waals surface area contributed by atoms with E-state index < -0.39 is 10.0 Å². The van der Waals surface area contributed by atoms with Gasteiger partial charge in [-0.1, -0.05) is 37.6 Å². The first-order valence-corrected chi connectivity index (χ1v) is 10.8. The molecule has 0 aliphatic rings. The second-order valence-corrected chi connectivity index (χ2v) is 9.05. The second-order valence-electron chi connectivity index (χ2n) is 6.85. The molecule has 6 nitrogen and oxygen atoms in total. The van der Waals surface area contributed by atoms with Gasteiger partial charge < -0.3 is 10.1 Å². The van der Waals surface area contributed by atoms with Gasteiger partial charge in [0.25, 0.3) is 5.91 Å². The summed E-state index contributed by atoms with van der Waals surface area (Å²) >= 11 is 5.86. The zero-order valence-electron chi connectivity index (χ0n) is 16.1. The molecule has 0 radical (unpaired) electrons. The summed E-state index contributed by atoms with van der Waals surface area (Å²) in [5, 5.41) is 3.47. The Kier molecular flexibility index (Phi) is 7.86. The quantitative estimate of drug-likeness (QED) is 0.644. The van der Waals surface area contributed by atoms with Crippen LogP contribution in [0, 0.1) is 5.92 Å². The maximum Gasteiger partial charge on any atom is 0.258 e. The van der Waals surface area contributed by atoms with Crippen LogP contribution in [0.15, 0.2) is 53.4 Å². The van der Waals surface area contributed by atoms with Crippen LogP contribution < -0.4 is 14.8 Å². The van der Waals surface area contributed by atoms with Crippen molar-refractivity contribution in [2.45, 2.75) is 31.7 Å². The number of sulfonamides is 1. The van der Waals surface area contributed by atoms with Crippen molar-refractivity contribution in [2.24, 2.45) is 5.92 Å². The fourth-order valence-corrected chi connectivity index (χ4v) is 3.68. The minimum atomic E-state index is -3.55. The lowest BCUT2D eigenvalue weighted by atomic mass is 10.1. The van der Waals surface area contributed by atoms with Gasteiger partial charge in [0.15, 0.2) is 6.61 Å². The highest BCUT2D eigenvalue weighted by Gasteiger charge is 2.15. The molecule has 2 aromatic rings. The van der Waals surface area contributed by atoms with Gasteiger partial charge in [-0.3, -0.25) is 4.79 Å². The molecule has 2 aromatic carbocycles. The molecule has 0 heterocycles. The Morgan fingerprint density at radius 3 is 2.21 bits per heavy atom. The summed E-state index contributed by atoms with van der Waals surface area (Å²) in [5.41, 5.74) is 0.932. The standard InChI is InChI=1S/C20H25ClN2O4S/c1-14(2)12-22-28(25,26)19-10-8-18(9-11-19)27-13-20(24)23-15(3)16-4-6-17(21)7-5-16/h4-11,14-15,22H,12-13H2,1-3H3,(H,23,24). The van der Waals surface area contributed by atoms with E-state index in [2.05, 4.69) is 10.0 Å². The van der Waals surface area contributed by atoms with Crippen LogP contribution in [-0.2, 0) is 14.8 Å². The highest BCUT2D eigenvalue weighted by Crippen LogP contribution is 2.17. The molecule has 0 fully saturated rings. The highest BCUT2D eigenvalue weighted by atomic mass is 35.5. The van der Waals surface area contributed by atoms with Crippen LogP contribution in [0.2, 0.25) is 5.02 Å². The fraction of sp³-hybridized carbons (Fsp3) is 0.350. The fourth-order valence-electron chi connectivity index (χ4n) is 2.34. The topological polar surface area (TPSA) is 84.5 Å². The molecule has 152 valence electrons. The number of carbonyl (C=O) groups excluding carboxylic acids is 1. The van der Waals surface area contributed by atoms with Crippen molar-refractivity contribution in [3.63, 3.8) is 0 Å². The summed E-state index contributed by atoms with van der Waals surface area (Å²) in [7, 11) is -3.55. The molecule has 0 saturated carbocycles. The highest BCUT2D eigenvalue weighted by molar-refractivity contribution is 7.89. The summed E-state index contributed by atoms with van der Waals surface area (Å²) in [6.45, 7) is 5.92. The molecular weight excluding hydrogens is 400 g/mol. The van der Waals surface area contributed by atoms with Crippen molar-refractivity contribution in [3.8, 4) is 5.75 Å². The molecule has 0 aliphatic heterocycles. The number of hydrogen-bond donors (Lipinski definition) is 2. The van der Waals surface area contributed by atoms with E-state index in [1.807, 2.05) is 32.9 Å². The first kappa shape index (κ1) is 22.2. The Bertz CT molecular complexity index is 881. The first-order valence-electron chi connectivity index (χ1n) is 8.94. The summed E-state index contributed by atoms with van der Waals surface area (Å²) in [6.07, 6.45) is 0. The molecule has 0 spiro atoms. The third-order valence-electron chi connectivity index (χ3n) is 3.93. The first-order chi connectivity index (χ1) is 13.2. The van der Waals surface area contributed by atoms with Crippen molar-refractivity contribution in [2.75, 3.05) is 13.2 Å². The van der Waals surface area contributed by atoms with E-state index >= 15 is 0 Å². The van der Waals surface area contributed by atoms with Crippen LogP contribution >= 0.6 is 11.6 Å². The zero-order chi connectivity index (χ0) is 20.7. The van der Waals surface area contributed by atoms with Gasteiger partial charge in [-0.05, 0) is 54.8 Å². The van der Waals surface area contributed by atoms with Crippen LogP contribution in [0.25, 0.3) is 0 Å². The minimum Gasteiger partial charge on any atom is -0.484 e. The van der Waals surface area contributed by atoms with Gasteiger partial charge in [0.05, 0.1) is 10.9 Å². The molecule has 0 saturated heterocycles. The largest absolute Gasteiger partial charge is 0.484 e. The number of nitrogens with one attached hydrogen (secondary N) is 2. The van der Waals surface area contributed by atoms with Gasteiger partial charge in [-0.2, -0.15) is 0 Å². The van der Waals surface area contributed by atoms with Gasteiger partial charge in [0.1, 0.15) is 5.75 Å². The number of amides is 1. The minimum absolute atomic E-state index is 0.154. The normalized spacial score (nSPS) is 12.6. The van der Waals surface area contributed by atoms with Crippen LogP contribution in [0.4, 0.5) is 0 Å². The van der Waals surface area contributed by atoms with Crippen LogP contribution in [0.1, 0.15) is 32.4 Å². The Balaban J connectivity index is 1.87. The molecule has 0 aromatic heterocycles. The van der Waals surface area contributed by atoms with Gasteiger partial charge in [-0.25, -0.2) is 13.1 Å². The number of hydrogen-bond acceptors (Lipinski definition) is 4. The Labute approximate surface area is 171 Å². The zero-order valence-corrected chi connectivity index (χ0v) is 17.7. The predicted octanol–water partition coefficient (Wildman–Crippen LogP) is 3.53. The number of halogens is 1. The number of carbonyl (C=O) groups is 1. The lowest BCUT2D eigenvalue weighted by Crippen LogP contribution is -2.31. The molecule has 8 heteroatoms. The van der Waals surface area contributed by atoms with Crippen molar-refractivity contribution in [3.05, 3.63) is 59.1 Å². The van der Waals surface area contributed by atoms with E-state index in [1.54, 1.807) is 12.1 Å². The average Bonchev–Trinajstić information content (AvgIpc) is 2.65. The third kappa shape index (κ3) is 6.82. The van der Waals surface area contributed by atoms with Crippen LogP contribution in [0.3, 0.4) is 0 Å². The number of ether oxygens (including phenoxy) is 1. The molecule has 1 unspecified atom stereocenters. The van der Waals surface area contributed by atoms with Gasteiger partial charge >= 0.3 is 0 Å². The Morgan fingerprint density at radius 1 is 1.04 bits per heavy atom. The van der Waals surface area contributed by atoms with E-state index in [9.17, 15) is 13.2 Å². The monoisotopic (exact) mass is 424 g/mol. The van der Waals surface area contributed by atoms with E-state index in [-0.39, 0.29) is 29.4 Å². The molecule has 1 atom stereocenters. The molecule has 0 bridgehead atoms. The maximum absolute atomic E-state index is 12.2. The SMILES string of the molecule is CC(C)CNS(=O)(=O)c1ccc(OCC(=O)NC(C)c2ccc(Cl)cc2)cc1. The molecular formula is C20H25ClN2O4S. The van der Waals surface area contributed by atoms with E-state index in [0.717, 1.165) is 5.56 Å². The van der Waals surface area contributed by atoms with E-state index in [0.29, 0.717) is 17.3 Å². The van der Waals surface area contributed by atoms with Crippen molar-refractivity contribution >= 4 is 27.5 Å². The lowest BCUT2D eigenvalue weighted by molar-refractivity contribution is -0.123. The lowest BCUT2D eigenvalue weighted by Gasteiger charge is -2.15. The average molecular weight is 425 g/mol. The van der Waals surface area contributed by atoms with Gasteiger partial charge in [0.2, 0.25) is 10.0 Å². The second kappa shape index (κ2) is 9.91. The van der Waals surface area contributed by atoms with Gasteiger partial charge in [0, 0.05) is 11.6 Å². The molecule has 0 aliphatic carbocycles. The van der Waals surface area contributed by atoms with Crippen molar-refractivity contribution in [1.29, 1.82) is 0 Å². The summed E-state index contributed by atoms with van der Waals surface area (Å²) in [6, 6.07) is 13.0. The third-order valence-corrected chi connectivity index (χ3v) is 5.62. The number of benzene rings is 2. The van der Waals surface area contributed by atoms with Crippen molar-refractivity contribution in [1.82, 2.24) is 10.0 Å². The van der Waals surface area contributed by atoms with E-state index in [4.69, 9.17) is 16.3 Å². The molecule has 2 rings (SSSR count). The van der Waals surface area contributed by atoms with Crippen LogP contribution in [0.5, 0.6) is 5.75 Å². The number of rotatable bonds is 9. The van der Waals surface area contributed by atoms with Gasteiger partial charge in [-0.15, -0.1) is 0 Å². The Morgan fingerprint density at radius 2 is 1.64 bits per heavy atom. The molecule has 2 N–H and O–H groups in total. The summed E-state index contributed by atoms with van der Waals surface area (Å²) < 4.78 is 32.3. The molecule has 1 amide bonds. The Hall–Kier alpha value is -2.09. The van der Waals surface area contributed by atoms with E-state index in [1.165, 1.54) is 24.3 Å². The predicted molar refractivity (Wildman–Crippen MR) is 110 cm³/mol. The van der Waals surface area contributed by atoms with Crippen molar-refractivity contribution < 1.29 is 17.9 Å². The summed E-state index contributed by atoms with van der Waals surface area (Å²) in [5.74, 6) is 0.348. The van der Waals surface area contributed by atoms with Crippen LogP contribution in [-0.4, -0.2) is 27.5 Å². The smallest absolute Gasteiger partial charge is 0.258 e. The summed E-state index contributed by atoms with van der Waals surface area (Å²) in [4.78, 5) is 12.2. The molecule has 28 heavy (non-hydrogen) atoms. The maximum atomic E-state index is 12.2.